The van der Waals surface area contributed by atoms with Gasteiger partial charge in [0.1, 0.15) is 5.69 Å². The molecule has 1 rings (SSSR count). The largest absolute Gasteiger partial charge is 0.396 e. The van der Waals surface area contributed by atoms with Crippen LogP contribution >= 0.6 is 0 Å². The van der Waals surface area contributed by atoms with Gasteiger partial charge in [0, 0.05) is 38.3 Å². The molecule has 0 heterocycles. The van der Waals surface area contributed by atoms with E-state index in [1.165, 1.54) is 0 Å². The van der Waals surface area contributed by atoms with Gasteiger partial charge in [0.2, 0.25) is 0 Å². The van der Waals surface area contributed by atoms with E-state index in [0.29, 0.717) is 24.8 Å². The van der Waals surface area contributed by atoms with Gasteiger partial charge in [-0.3, -0.25) is 15.0 Å². The highest BCUT2D eigenvalue weighted by molar-refractivity contribution is 5.62. The number of rotatable bonds is 9. The van der Waals surface area contributed by atoms with Crippen molar-refractivity contribution in [2.75, 3.05) is 25.0 Å². The number of nitro benzene ring substituents is 1. The maximum absolute atomic E-state index is 11.0. The van der Waals surface area contributed by atoms with E-state index in [2.05, 4.69) is 24.1 Å². The van der Waals surface area contributed by atoms with E-state index < -0.39 is 0 Å². The van der Waals surface area contributed by atoms with Crippen molar-refractivity contribution in [1.29, 1.82) is 0 Å². The Morgan fingerprint density at radius 2 is 2.14 bits per heavy atom. The lowest BCUT2D eigenvalue weighted by Crippen LogP contribution is -2.31. The fourth-order valence-corrected chi connectivity index (χ4v) is 2.20. The second-order valence-electron chi connectivity index (χ2n) is 5.28. The molecule has 21 heavy (non-hydrogen) atoms. The Balaban J connectivity index is 2.91. The molecular formula is C15H25N3O3. The van der Waals surface area contributed by atoms with E-state index in [1.807, 2.05) is 13.0 Å². The van der Waals surface area contributed by atoms with Crippen molar-refractivity contribution in [3.05, 3.63) is 33.9 Å². The number of nitro groups is 1. The van der Waals surface area contributed by atoms with Crippen LogP contribution in [0, 0.1) is 10.1 Å². The summed E-state index contributed by atoms with van der Waals surface area (Å²) < 4.78 is 0. The van der Waals surface area contributed by atoms with Gasteiger partial charge in [-0.2, -0.15) is 0 Å². The van der Waals surface area contributed by atoms with E-state index in [9.17, 15) is 10.1 Å². The summed E-state index contributed by atoms with van der Waals surface area (Å²) in [5.74, 6) is 0. The lowest BCUT2D eigenvalue weighted by molar-refractivity contribution is -0.384. The highest BCUT2D eigenvalue weighted by Crippen LogP contribution is 2.26. The molecule has 0 amide bonds. The number of aliphatic hydroxyl groups excluding tert-OH is 1. The fourth-order valence-electron chi connectivity index (χ4n) is 2.20. The van der Waals surface area contributed by atoms with E-state index in [0.717, 1.165) is 18.5 Å². The van der Waals surface area contributed by atoms with Crippen LogP contribution in [0.25, 0.3) is 0 Å². The van der Waals surface area contributed by atoms with Crippen molar-refractivity contribution in [1.82, 2.24) is 4.90 Å². The zero-order valence-corrected chi connectivity index (χ0v) is 13.0. The van der Waals surface area contributed by atoms with Gasteiger partial charge in [-0.05, 0) is 38.8 Å². The molecule has 0 saturated carbocycles. The van der Waals surface area contributed by atoms with Crippen LogP contribution in [0.5, 0.6) is 0 Å². The molecule has 0 unspecified atom stereocenters. The molecule has 0 aliphatic rings. The number of nitrogens with one attached hydrogen (secondary N) is 1. The maximum atomic E-state index is 11.0. The second kappa shape index (κ2) is 8.59. The van der Waals surface area contributed by atoms with E-state index >= 15 is 0 Å². The molecule has 6 heteroatoms. The number of nitrogens with zero attached hydrogens (tertiary/aromatic N) is 2. The monoisotopic (exact) mass is 295 g/mol. The predicted octanol–water partition coefficient (Wildman–Crippen LogP) is 2.62. The molecule has 0 aliphatic carbocycles. The molecule has 0 spiro atoms. The molecule has 0 atom stereocenters. The first-order valence-electron chi connectivity index (χ1n) is 7.35. The molecule has 0 bridgehead atoms. The summed E-state index contributed by atoms with van der Waals surface area (Å²) in [6.45, 7) is 8.46. The minimum Gasteiger partial charge on any atom is -0.396 e. The van der Waals surface area contributed by atoms with Crippen LogP contribution in [-0.4, -0.2) is 40.7 Å². The van der Waals surface area contributed by atoms with Crippen molar-refractivity contribution in [2.24, 2.45) is 0 Å². The first-order valence-corrected chi connectivity index (χ1v) is 7.35. The topological polar surface area (TPSA) is 78.6 Å². The smallest absolute Gasteiger partial charge is 0.292 e. The molecule has 1 aromatic carbocycles. The number of hydrogen-bond acceptors (Lipinski definition) is 5. The summed E-state index contributed by atoms with van der Waals surface area (Å²) in [4.78, 5) is 12.9. The van der Waals surface area contributed by atoms with Gasteiger partial charge in [0.25, 0.3) is 5.69 Å². The minimum atomic E-state index is -0.367. The Labute approximate surface area is 125 Å². The van der Waals surface area contributed by atoms with Crippen LogP contribution in [0.4, 0.5) is 11.4 Å². The molecule has 6 nitrogen and oxygen atoms in total. The maximum Gasteiger partial charge on any atom is 0.292 e. The molecule has 0 aliphatic heterocycles. The van der Waals surface area contributed by atoms with E-state index in [1.54, 1.807) is 12.1 Å². The normalized spacial score (nSPS) is 11.1. The average molecular weight is 295 g/mol. The standard InChI is InChI=1S/C15H25N3O3/c1-4-16-14-10-13(6-7-15(14)18(20)21)11-17(12(2)3)8-5-9-19/h6-7,10,12,16,19H,4-5,8-9,11H2,1-3H3. The van der Waals surface area contributed by atoms with Crippen molar-refractivity contribution in [3.63, 3.8) is 0 Å². The molecule has 1 aromatic rings. The van der Waals surface area contributed by atoms with Gasteiger partial charge in [-0.15, -0.1) is 0 Å². The summed E-state index contributed by atoms with van der Waals surface area (Å²) in [7, 11) is 0. The van der Waals surface area contributed by atoms with Crippen molar-refractivity contribution < 1.29 is 10.0 Å². The SMILES string of the molecule is CCNc1cc(CN(CCCO)C(C)C)ccc1[N+](=O)[O-]. The molecule has 118 valence electrons. The summed E-state index contributed by atoms with van der Waals surface area (Å²) >= 11 is 0. The van der Waals surface area contributed by atoms with Crippen LogP contribution in [0.1, 0.15) is 32.8 Å². The third-order valence-corrected chi connectivity index (χ3v) is 3.34. The first kappa shape index (κ1) is 17.4. The number of anilines is 1. The third kappa shape index (κ3) is 5.32. The minimum absolute atomic E-state index is 0.104. The van der Waals surface area contributed by atoms with E-state index in [-0.39, 0.29) is 17.2 Å². The molecular weight excluding hydrogens is 270 g/mol. The Bertz CT molecular complexity index is 463. The summed E-state index contributed by atoms with van der Waals surface area (Å²) in [5, 5.41) is 23.0. The quantitative estimate of drug-likeness (QED) is 0.541. The first-order chi connectivity index (χ1) is 9.99. The molecule has 0 saturated heterocycles. The second-order valence-corrected chi connectivity index (χ2v) is 5.28. The van der Waals surface area contributed by atoms with Crippen LogP contribution < -0.4 is 5.32 Å². The van der Waals surface area contributed by atoms with Crippen molar-refractivity contribution in [3.8, 4) is 0 Å². The molecule has 0 radical (unpaired) electrons. The Kier molecular flexibility index (Phi) is 7.11. The number of hydrogen-bond donors (Lipinski definition) is 2. The van der Waals surface area contributed by atoms with Gasteiger partial charge < -0.3 is 10.4 Å². The summed E-state index contributed by atoms with van der Waals surface area (Å²) in [5.41, 5.74) is 1.70. The summed E-state index contributed by atoms with van der Waals surface area (Å²) in [6.07, 6.45) is 0.727. The van der Waals surface area contributed by atoms with Gasteiger partial charge in [0.05, 0.1) is 4.92 Å². The van der Waals surface area contributed by atoms with Crippen molar-refractivity contribution >= 4 is 11.4 Å². The number of aliphatic hydroxyl groups is 1. The summed E-state index contributed by atoms with van der Waals surface area (Å²) in [6, 6.07) is 5.55. The van der Waals surface area contributed by atoms with Gasteiger partial charge in [-0.1, -0.05) is 6.07 Å². The number of benzene rings is 1. The lowest BCUT2D eigenvalue weighted by atomic mass is 10.1. The predicted molar refractivity (Wildman–Crippen MR) is 84.5 cm³/mol. The Morgan fingerprint density at radius 1 is 1.43 bits per heavy atom. The Hall–Kier alpha value is -1.66. The third-order valence-electron chi connectivity index (χ3n) is 3.34. The van der Waals surface area contributed by atoms with Crippen molar-refractivity contribution in [2.45, 2.75) is 39.8 Å². The van der Waals surface area contributed by atoms with Gasteiger partial charge >= 0.3 is 0 Å². The lowest BCUT2D eigenvalue weighted by Gasteiger charge is -2.26. The zero-order chi connectivity index (χ0) is 15.8. The molecule has 0 aromatic heterocycles. The van der Waals surface area contributed by atoms with Crippen LogP contribution in [0.2, 0.25) is 0 Å². The van der Waals surface area contributed by atoms with Crippen LogP contribution in [0.15, 0.2) is 18.2 Å². The van der Waals surface area contributed by atoms with Gasteiger partial charge in [0.15, 0.2) is 0 Å². The highest BCUT2D eigenvalue weighted by atomic mass is 16.6. The van der Waals surface area contributed by atoms with E-state index in [4.69, 9.17) is 5.11 Å². The average Bonchev–Trinajstić information content (AvgIpc) is 2.43. The highest BCUT2D eigenvalue weighted by Gasteiger charge is 2.15. The van der Waals surface area contributed by atoms with Crippen LogP contribution in [0.3, 0.4) is 0 Å². The fraction of sp³-hybridized carbons (Fsp3) is 0.600. The molecule has 0 fully saturated rings. The van der Waals surface area contributed by atoms with Crippen LogP contribution in [-0.2, 0) is 6.54 Å². The Morgan fingerprint density at radius 3 is 2.67 bits per heavy atom. The molecule has 2 N–H and O–H groups in total. The van der Waals surface area contributed by atoms with Gasteiger partial charge in [-0.25, -0.2) is 0 Å². The zero-order valence-electron chi connectivity index (χ0n) is 13.0.